The third-order valence-corrected chi connectivity index (χ3v) is 3.32. The summed E-state index contributed by atoms with van der Waals surface area (Å²) in [6.07, 6.45) is 3.55. The van der Waals surface area contributed by atoms with Crippen molar-refractivity contribution >= 4 is 5.97 Å². The van der Waals surface area contributed by atoms with Crippen molar-refractivity contribution in [3.8, 4) is 0 Å². The van der Waals surface area contributed by atoms with Gasteiger partial charge in [-0.3, -0.25) is 0 Å². The van der Waals surface area contributed by atoms with Crippen molar-refractivity contribution in [3.63, 3.8) is 0 Å². The molecule has 4 heteroatoms. The molecule has 106 valence electrons. The maximum absolute atomic E-state index is 10.1. The van der Waals surface area contributed by atoms with Crippen LogP contribution in [0.2, 0.25) is 0 Å². The zero-order valence-electron chi connectivity index (χ0n) is 11.5. The number of benzene rings is 1. The van der Waals surface area contributed by atoms with Gasteiger partial charge in [0.15, 0.2) is 0 Å². The molecule has 0 aliphatic carbocycles. The molecule has 0 bridgehead atoms. The molecule has 1 saturated heterocycles. The Morgan fingerprint density at radius 1 is 1.32 bits per heavy atom. The van der Waals surface area contributed by atoms with Crippen LogP contribution in [0, 0.1) is 0 Å². The SMILES string of the molecule is CCC(O)C[NH+]1CCCC1.O=C([O-])c1ccccc1. The quantitative estimate of drug-likeness (QED) is 0.770. The second-order valence-corrected chi connectivity index (χ2v) is 4.88. The van der Waals surface area contributed by atoms with Crippen LogP contribution in [-0.4, -0.2) is 36.8 Å². The van der Waals surface area contributed by atoms with E-state index < -0.39 is 5.97 Å². The molecule has 1 aromatic rings. The van der Waals surface area contributed by atoms with Gasteiger partial charge in [-0.15, -0.1) is 0 Å². The summed E-state index contributed by atoms with van der Waals surface area (Å²) < 4.78 is 0. The molecular weight excluding hydrogens is 242 g/mol. The highest BCUT2D eigenvalue weighted by atomic mass is 16.4. The number of aliphatic hydroxyl groups excluding tert-OH is 1. The predicted molar refractivity (Wildman–Crippen MR) is 71.9 cm³/mol. The van der Waals surface area contributed by atoms with Crippen LogP contribution in [0.1, 0.15) is 36.5 Å². The van der Waals surface area contributed by atoms with E-state index in [1.807, 2.05) is 6.92 Å². The van der Waals surface area contributed by atoms with Gasteiger partial charge < -0.3 is 19.9 Å². The van der Waals surface area contributed by atoms with Crippen LogP contribution in [0.15, 0.2) is 30.3 Å². The van der Waals surface area contributed by atoms with E-state index >= 15 is 0 Å². The number of hydrogen-bond donors (Lipinski definition) is 2. The Morgan fingerprint density at radius 3 is 2.32 bits per heavy atom. The fourth-order valence-corrected chi connectivity index (χ4v) is 2.13. The molecule has 1 aliphatic heterocycles. The normalized spacial score (nSPS) is 16.5. The van der Waals surface area contributed by atoms with Crippen LogP contribution < -0.4 is 10.0 Å². The average Bonchev–Trinajstić information content (AvgIpc) is 2.93. The van der Waals surface area contributed by atoms with Crippen molar-refractivity contribution in [3.05, 3.63) is 35.9 Å². The molecular formula is C15H23NO3. The van der Waals surface area contributed by atoms with Gasteiger partial charge in [-0.05, 0) is 12.0 Å². The summed E-state index contributed by atoms with van der Waals surface area (Å²) in [6, 6.07) is 8.06. The Hall–Kier alpha value is -1.39. The van der Waals surface area contributed by atoms with E-state index in [2.05, 4.69) is 0 Å². The summed E-state index contributed by atoms with van der Waals surface area (Å²) in [7, 11) is 0. The first-order valence-electron chi connectivity index (χ1n) is 6.91. The third-order valence-electron chi connectivity index (χ3n) is 3.32. The van der Waals surface area contributed by atoms with Gasteiger partial charge in [-0.1, -0.05) is 37.3 Å². The molecule has 0 aromatic heterocycles. The molecule has 4 nitrogen and oxygen atoms in total. The minimum absolute atomic E-state index is 0.0619. The summed E-state index contributed by atoms with van der Waals surface area (Å²) >= 11 is 0. The highest BCUT2D eigenvalue weighted by Crippen LogP contribution is 1.94. The summed E-state index contributed by atoms with van der Waals surface area (Å²) in [6.45, 7) is 5.56. The lowest BCUT2D eigenvalue weighted by Crippen LogP contribution is -3.11. The standard InChI is InChI=1S/C8H17NO.C7H6O2/c1-2-8(10)7-9-5-3-4-6-9;8-7(9)6-4-2-1-3-5-6/h8,10H,2-7H2,1H3;1-5H,(H,8,9). The molecule has 0 saturated carbocycles. The van der Waals surface area contributed by atoms with Crippen LogP contribution in [0.25, 0.3) is 0 Å². The van der Waals surface area contributed by atoms with Gasteiger partial charge in [-0.25, -0.2) is 0 Å². The summed E-state index contributed by atoms with van der Waals surface area (Å²) in [5.74, 6) is -1.13. The van der Waals surface area contributed by atoms with E-state index in [1.165, 1.54) is 38.1 Å². The number of carbonyl (C=O) groups is 1. The Bertz CT molecular complexity index is 361. The average molecular weight is 265 g/mol. The molecule has 1 aliphatic rings. The van der Waals surface area contributed by atoms with Crippen LogP contribution in [0.4, 0.5) is 0 Å². The van der Waals surface area contributed by atoms with Gasteiger partial charge in [0.2, 0.25) is 0 Å². The molecule has 0 spiro atoms. The van der Waals surface area contributed by atoms with Gasteiger partial charge in [0, 0.05) is 12.8 Å². The first-order valence-corrected chi connectivity index (χ1v) is 6.91. The van der Waals surface area contributed by atoms with Gasteiger partial charge in [0.05, 0.1) is 19.1 Å². The van der Waals surface area contributed by atoms with Gasteiger partial charge >= 0.3 is 0 Å². The molecule has 0 amide bonds. The lowest BCUT2D eigenvalue weighted by molar-refractivity contribution is -0.890. The lowest BCUT2D eigenvalue weighted by Gasteiger charge is -2.14. The number of carboxylic acid groups (broad SMARTS) is 1. The molecule has 1 fully saturated rings. The maximum Gasteiger partial charge on any atom is 0.103 e. The van der Waals surface area contributed by atoms with Gasteiger partial charge in [0.1, 0.15) is 12.6 Å². The van der Waals surface area contributed by atoms with Crippen molar-refractivity contribution in [2.24, 2.45) is 0 Å². The Kier molecular flexibility index (Phi) is 7.15. The number of nitrogens with one attached hydrogen (secondary N) is 1. The molecule has 0 radical (unpaired) electrons. The number of hydrogen-bond acceptors (Lipinski definition) is 3. The smallest absolute Gasteiger partial charge is 0.103 e. The fourth-order valence-electron chi connectivity index (χ4n) is 2.13. The first-order chi connectivity index (χ1) is 9.13. The molecule has 2 N–H and O–H groups in total. The van der Waals surface area contributed by atoms with E-state index in [-0.39, 0.29) is 11.7 Å². The van der Waals surface area contributed by atoms with Crippen LogP contribution in [0.3, 0.4) is 0 Å². The number of likely N-dealkylation sites (tertiary alicyclic amines) is 1. The van der Waals surface area contributed by atoms with Crippen LogP contribution >= 0.6 is 0 Å². The maximum atomic E-state index is 10.1. The monoisotopic (exact) mass is 265 g/mol. The van der Waals surface area contributed by atoms with Gasteiger partial charge in [-0.2, -0.15) is 0 Å². The second-order valence-electron chi connectivity index (χ2n) is 4.88. The summed E-state index contributed by atoms with van der Waals surface area (Å²) in [5.41, 5.74) is 0.220. The lowest BCUT2D eigenvalue weighted by atomic mass is 10.2. The van der Waals surface area contributed by atoms with Gasteiger partial charge in [0.25, 0.3) is 0 Å². The topological polar surface area (TPSA) is 64.8 Å². The number of carboxylic acids is 1. The van der Waals surface area contributed by atoms with Crippen molar-refractivity contribution in [2.45, 2.75) is 32.3 Å². The highest BCUT2D eigenvalue weighted by Gasteiger charge is 2.17. The molecule has 1 aromatic carbocycles. The molecule has 1 atom stereocenters. The van der Waals surface area contributed by atoms with E-state index in [9.17, 15) is 15.0 Å². The number of carbonyl (C=O) groups excluding carboxylic acids is 1. The fraction of sp³-hybridized carbons (Fsp3) is 0.533. The Labute approximate surface area is 114 Å². The minimum atomic E-state index is -1.13. The van der Waals surface area contributed by atoms with E-state index in [0.717, 1.165) is 13.0 Å². The molecule has 1 heterocycles. The van der Waals surface area contributed by atoms with Crippen LogP contribution in [0.5, 0.6) is 0 Å². The summed E-state index contributed by atoms with van der Waals surface area (Å²) in [5, 5.41) is 19.4. The number of aromatic carboxylic acids is 1. The van der Waals surface area contributed by atoms with E-state index in [0.29, 0.717) is 0 Å². The zero-order chi connectivity index (χ0) is 14.1. The third kappa shape index (κ3) is 6.36. The molecule has 19 heavy (non-hydrogen) atoms. The Morgan fingerprint density at radius 2 is 1.89 bits per heavy atom. The molecule has 1 unspecified atom stereocenters. The number of rotatable bonds is 4. The zero-order valence-corrected chi connectivity index (χ0v) is 11.5. The predicted octanol–water partition coefficient (Wildman–Crippen LogP) is -0.514. The van der Waals surface area contributed by atoms with Crippen molar-refractivity contribution in [2.75, 3.05) is 19.6 Å². The highest BCUT2D eigenvalue weighted by molar-refractivity contribution is 5.85. The minimum Gasteiger partial charge on any atom is -0.545 e. The first kappa shape index (κ1) is 15.7. The van der Waals surface area contributed by atoms with Crippen molar-refractivity contribution < 1.29 is 19.9 Å². The van der Waals surface area contributed by atoms with Crippen molar-refractivity contribution in [1.82, 2.24) is 0 Å². The molecule has 2 rings (SSSR count). The van der Waals surface area contributed by atoms with Crippen LogP contribution in [-0.2, 0) is 0 Å². The van der Waals surface area contributed by atoms with E-state index in [4.69, 9.17) is 0 Å². The number of quaternary nitrogens is 1. The van der Waals surface area contributed by atoms with E-state index in [1.54, 1.807) is 23.1 Å². The van der Waals surface area contributed by atoms with Crippen molar-refractivity contribution in [1.29, 1.82) is 0 Å². The summed E-state index contributed by atoms with van der Waals surface area (Å²) in [4.78, 5) is 11.7. The second kappa shape index (κ2) is 8.67. The number of aliphatic hydroxyl groups is 1. The largest absolute Gasteiger partial charge is 0.545 e. The Balaban J connectivity index is 0.000000191.